The molecule has 0 saturated heterocycles. The van der Waals surface area contributed by atoms with Crippen LogP contribution in [0.5, 0.6) is 5.75 Å². The molecule has 1 heterocycles. The summed E-state index contributed by atoms with van der Waals surface area (Å²) in [6, 6.07) is 16.9. The van der Waals surface area contributed by atoms with Crippen LogP contribution in [0.15, 0.2) is 65.6 Å². The zero-order valence-electron chi connectivity index (χ0n) is 17.8. The van der Waals surface area contributed by atoms with Crippen LogP contribution in [0.3, 0.4) is 0 Å². The van der Waals surface area contributed by atoms with Gasteiger partial charge in [-0.3, -0.25) is 9.10 Å². The highest BCUT2D eigenvalue weighted by Crippen LogP contribution is 2.34. The van der Waals surface area contributed by atoms with Crippen LogP contribution in [-0.2, 0) is 21.2 Å². The van der Waals surface area contributed by atoms with E-state index < -0.39 is 15.9 Å². The number of hydrogen-bond acceptors (Lipinski definition) is 4. The van der Waals surface area contributed by atoms with Crippen molar-refractivity contribution in [3.63, 3.8) is 0 Å². The van der Waals surface area contributed by atoms with E-state index in [4.69, 9.17) is 27.9 Å². The summed E-state index contributed by atoms with van der Waals surface area (Å²) in [6.45, 7) is 1.91. The van der Waals surface area contributed by atoms with Crippen LogP contribution in [-0.4, -0.2) is 27.5 Å². The molecule has 33 heavy (non-hydrogen) atoms. The Hall–Kier alpha value is -2.74. The van der Waals surface area contributed by atoms with Crippen molar-refractivity contribution in [3.8, 4) is 5.75 Å². The van der Waals surface area contributed by atoms with Crippen molar-refractivity contribution in [3.05, 3.63) is 81.8 Å². The molecule has 0 radical (unpaired) electrons. The Morgan fingerprint density at radius 3 is 2.64 bits per heavy atom. The van der Waals surface area contributed by atoms with Crippen molar-refractivity contribution in [2.75, 3.05) is 22.8 Å². The Bertz CT molecular complexity index is 1310. The lowest BCUT2D eigenvalue weighted by Gasteiger charge is -2.30. The molecule has 0 spiro atoms. The number of nitrogens with one attached hydrogen (secondary N) is 1. The number of aryl methyl sites for hydroxylation is 1. The lowest BCUT2D eigenvalue weighted by atomic mass is 10.0. The monoisotopic (exact) mass is 504 g/mol. The van der Waals surface area contributed by atoms with Gasteiger partial charge in [-0.25, -0.2) is 8.42 Å². The summed E-state index contributed by atoms with van der Waals surface area (Å²) in [7, 11) is -3.79. The summed E-state index contributed by atoms with van der Waals surface area (Å²) in [5, 5.41) is 3.39. The molecule has 3 aromatic carbocycles. The third-order valence-corrected chi connectivity index (χ3v) is 7.97. The standard InChI is InChI=1S/C24H22Cl2N2O4S/c1-16-19(25)8-4-9-21(16)27-24(29)15-32-23-12-11-18(14-20(23)26)33(30,31)28-13-5-7-17-6-2-3-10-22(17)28/h2-4,6,8-12,14H,5,7,13,15H2,1H3,(H,27,29). The van der Waals surface area contributed by atoms with Gasteiger partial charge in [0, 0.05) is 17.3 Å². The van der Waals surface area contributed by atoms with Crippen molar-refractivity contribution < 1.29 is 17.9 Å². The van der Waals surface area contributed by atoms with Crippen molar-refractivity contribution in [2.24, 2.45) is 0 Å². The molecule has 0 aromatic heterocycles. The first-order chi connectivity index (χ1) is 15.8. The first-order valence-electron chi connectivity index (χ1n) is 10.4. The molecule has 1 N–H and O–H groups in total. The predicted octanol–water partition coefficient (Wildman–Crippen LogP) is 5.46. The predicted molar refractivity (Wildman–Crippen MR) is 131 cm³/mol. The first-order valence-corrected chi connectivity index (χ1v) is 12.5. The highest BCUT2D eigenvalue weighted by Gasteiger charge is 2.29. The molecular formula is C24H22Cl2N2O4S. The fourth-order valence-electron chi connectivity index (χ4n) is 3.71. The van der Waals surface area contributed by atoms with Crippen LogP contribution in [0.1, 0.15) is 17.5 Å². The number of hydrogen-bond donors (Lipinski definition) is 1. The zero-order chi connectivity index (χ0) is 23.6. The molecule has 4 rings (SSSR count). The third-order valence-electron chi connectivity index (χ3n) is 5.46. The minimum absolute atomic E-state index is 0.0653. The number of fused-ring (bicyclic) bond motifs is 1. The molecule has 0 fully saturated rings. The molecule has 1 aliphatic rings. The van der Waals surface area contributed by atoms with E-state index in [9.17, 15) is 13.2 Å². The molecule has 0 atom stereocenters. The number of sulfonamides is 1. The molecule has 0 aliphatic carbocycles. The average Bonchev–Trinajstić information content (AvgIpc) is 2.80. The van der Waals surface area contributed by atoms with Gasteiger partial charge in [-0.05, 0) is 67.3 Å². The molecule has 3 aromatic rings. The van der Waals surface area contributed by atoms with E-state index in [1.807, 2.05) is 24.3 Å². The summed E-state index contributed by atoms with van der Waals surface area (Å²) in [6.07, 6.45) is 1.58. The van der Waals surface area contributed by atoms with E-state index in [0.29, 0.717) is 22.9 Å². The zero-order valence-corrected chi connectivity index (χ0v) is 20.2. The first kappa shape index (κ1) is 23.4. The van der Waals surface area contributed by atoms with E-state index in [1.54, 1.807) is 25.1 Å². The van der Waals surface area contributed by atoms with Crippen LogP contribution >= 0.6 is 23.2 Å². The summed E-state index contributed by atoms with van der Waals surface area (Å²) >= 11 is 12.4. The molecular weight excluding hydrogens is 483 g/mol. The Labute approximate surface area is 203 Å². The highest BCUT2D eigenvalue weighted by molar-refractivity contribution is 7.92. The van der Waals surface area contributed by atoms with Gasteiger partial charge in [0.1, 0.15) is 5.75 Å². The number of benzene rings is 3. The molecule has 1 aliphatic heterocycles. The minimum atomic E-state index is -3.79. The number of amides is 1. The second-order valence-corrected chi connectivity index (χ2v) is 10.3. The van der Waals surface area contributed by atoms with Gasteiger partial charge in [0.05, 0.1) is 15.6 Å². The number of rotatable bonds is 6. The minimum Gasteiger partial charge on any atom is -0.482 e. The van der Waals surface area contributed by atoms with Crippen molar-refractivity contribution in [1.29, 1.82) is 0 Å². The van der Waals surface area contributed by atoms with E-state index in [0.717, 1.165) is 24.0 Å². The van der Waals surface area contributed by atoms with Crippen LogP contribution < -0.4 is 14.4 Å². The lowest BCUT2D eigenvalue weighted by Crippen LogP contribution is -2.35. The normalized spacial score (nSPS) is 13.4. The molecule has 9 heteroatoms. The maximum atomic E-state index is 13.3. The number of halogens is 2. The summed E-state index contributed by atoms with van der Waals surface area (Å²) in [5.41, 5.74) is 3.03. The van der Waals surface area contributed by atoms with Gasteiger partial charge in [0.25, 0.3) is 15.9 Å². The second kappa shape index (κ2) is 9.63. The van der Waals surface area contributed by atoms with E-state index in [-0.39, 0.29) is 22.3 Å². The number of nitrogens with zero attached hydrogens (tertiary/aromatic N) is 1. The van der Waals surface area contributed by atoms with Gasteiger partial charge < -0.3 is 10.1 Å². The van der Waals surface area contributed by atoms with Gasteiger partial charge in [-0.15, -0.1) is 0 Å². The highest BCUT2D eigenvalue weighted by atomic mass is 35.5. The van der Waals surface area contributed by atoms with Gasteiger partial charge in [0.2, 0.25) is 0 Å². The van der Waals surface area contributed by atoms with Crippen LogP contribution in [0.4, 0.5) is 11.4 Å². The molecule has 0 unspecified atom stereocenters. The van der Waals surface area contributed by atoms with Crippen molar-refractivity contribution >= 4 is 50.5 Å². The Morgan fingerprint density at radius 2 is 1.85 bits per heavy atom. The fourth-order valence-corrected chi connectivity index (χ4v) is 5.75. The van der Waals surface area contributed by atoms with Crippen LogP contribution in [0.25, 0.3) is 0 Å². The summed E-state index contributed by atoms with van der Waals surface area (Å²) in [4.78, 5) is 12.4. The number of ether oxygens (including phenoxy) is 1. The smallest absolute Gasteiger partial charge is 0.264 e. The second-order valence-electron chi connectivity index (χ2n) is 7.65. The van der Waals surface area contributed by atoms with Gasteiger partial charge in [-0.1, -0.05) is 47.5 Å². The summed E-state index contributed by atoms with van der Waals surface area (Å²) < 4.78 is 33.5. The van der Waals surface area contributed by atoms with E-state index >= 15 is 0 Å². The average molecular weight is 505 g/mol. The number of anilines is 2. The Morgan fingerprint density at radius 1 is 1.06 bits per heavy atom. The molecule has 1 amide bonds. The maximum Gasteiger partial charge on any atom is 0.264 e. The molecule has 0 saturated carbocycles. The number of carbonyl (C=O) groups is 1. The number of para-hydroxylation sites is 1. The molecule has 0 bridgehead atoms. The van der Waals surface area contributed by atoms with Gasteiger partial charge >= 0.3 is 0 Å². The Kier molecular flexibility index (Phi) is 6.83. The quantitative estimate of drug-likeness (QED) is 0.483. The van der Waals surface area contributed by atoms with Crippen molar-refractivity contribution in [1.82, 2.24) is 0 Å². The third kappa shape index (κ3) is 4.95. The largest absolute Gasteiger partial charge is 0.482 e. The number of carbonyl (C=O) groups excluding carboxylic acids is 1. The van der Waals surface area contributed by atoms with Crippen LogP contribution in [0, 0.1) is 6.92 Å². The van der Waals surface area contributed by atoms with E-state index in [2.05, 4.69) is 5.32 Å². The van der Waals surface area contributed by atoms with Crippen molar-refractivity contribution in [2.45, 2.75) is 24.7 Å². The lowest BCUT2D eigenvalue weighted by molar-refractivity contribution is -0.118. The van der Waals surface area contributed by atoms with Gasteiger partial charge in [-0.2, -0.15) is 0 Å². The summed E-state index contributed by atoms with van der Waals surface area (Å²) in [5.74, 6) is -0.175. The fraction of sp³-hybridized carbons (Fsp3) is 0.208. The topological polar surface area (TPSA) is 75.7 Å². The van der Waals surface area contributed by atoms with Gasteiger partial charge in [0.15, 0.2) is 6.61 Å². The maximum absolute atomic E-state index is 13.3. The molecule has 172 valence electrons. The van der Waals surface area contributed by atoms with Crippen LogP contribution in [0.2, 0.25) is 10.0 Å². The van der Waals surface area contributed by atoms with E-state index in [1.165, 1.54) is 22.5 Å². The molecule has 6 nitrogen and oxygen atoms in total. The SMILES string of the molecule is Cc1c(Cl)cccc1NC(=O)COc1ccc(S(=O)(=O)N2CCCc3ccccc32)cc1Cl. The Balaban J connectivity index is 1.47.